The van der Waals surface area contributed by atoms with Crippen LogP contribution < -0.4 is 10.0 Å². The molecule has 34 heavy (non-hydrogen) atoms. The summed E-state index contributed by atoms with van der Waals surface area (Å²) in [5, 5.41) is 4.38. The molecule has 2 N–H and O–H groups in total. The summed E-state index contributed by atoms with van der Waals surface area (Å²) in [5.41, 5.74) is 1.37. The Morgan fingerprint density at radius 2 is 1.97 bits per heavy atom. The van der Waals surface area contributed by atoms with Crippen LogP contribution in [0, 0.1) is 0 Å². The topological polar surface area (TPSA) is 101 Å². The van der Waals surface area contributed by atoms with Crippen molar-refractivity contribution in [1.29, 1.82) is 0 Å². The Morgan fingerprint density at radius 3 is 2.65 bits per heavy atom. The van der Waals surface area contributed by atoms with Crippen molar-refractivity contribution < 1.29 is 17.6 Å². The molecule has 0 radical (unpaired) electrons. The molecule has 0 saturated heterocycles. The van der Waals surface area contributed by atoms with E-state index in [1.807, 2.05) is 6.07 Å². The minimum absolute atomic E-state index is 0.0947. The van der Waals surface area contributed by atoms with E-state index in [0.717, 1.165) is 35.0 Å². The molecule has 2 aliphatic carbocycles. The van der Waals surface area contributed by atoms with Crippen LogP contribution in [0.3, 0.4) is 0 Å². The Kier molecular flexibility index (Phi) is 5.64. The van der Waals surface area contributed by atoms with E-state index in [4.69, 9.17) is 0 Å². The number of sulfonamides is 1. The van der Waals surface area contributed by atoms with Crippen LogP contribution in [0.15, 0.2) is 47.8 Å². The number of amides is 1. The zero-order chi connectivity index (χ0) is 24.1. The standard InChI is InChI=1S/C25H27FN4O3S/c1-25(2,26)14-29-34(32,33)23-11-18-17(20-13-28-22(10-19(20)23)15-5-6-15)7-8-21(18)30-24(31)16-4-3-9-27-12-16/h3-4,9-13,15,21,29H,5-8,14H2,1-2H3,(H,30,31)/t21-/m1/s1. The monoisotopic (exact) mass is 482 g/mol. The predicted molar refractivity (Wildman–Crippen MR) is 127 cm³/mol. The summed E-state index contributed by atoms with van der Waals surface area (Å²) in [6.45, 7) is 2.32. The number of rotatable bonds is 7. The minimum Gasteiger partial charge on any atom is -0.345 e. The van der Waals surface area contributed by atoms with Crippen molar-refractivity contribution in [2.75, 3.05) is 6.54 Å². The highest BCUT2D eigenvalue weighted by atomic mass is 32.2. The smallest absolute Gasteiger partial charge is 0.253 e. The zero-order valence-electron chi connectivity index (χ0n) is 19.1. The quantitative estimate of drug-likeness (QED) is 0.531. The number of aromatic nitrogens is 2. The van der Waals surface area contributed by atoms with Gasteiger partial charge in [0.15, 0.2) is 0 Å². The van der Waals surface area contributed by atoms with Gasteiger partial charge < -0.3 is 5.32 Å². The summed E-state index contributed by atoms with van der Waals surface area (Å²) in [5.74, 6) is 0.0902. The van der Waals surface area contributed by atoms with Crippen molar-refractivity contribution in [3.05, 3.63) is 65.2 Å². The number of hydrogen-bond donors (Lipinski definition) is 2. The first kappa shape index (κ1) is 22.9. The molecule has 0 spiro atoms. The number of pyridine rings is 2. The Hall–Kier alpha value is -2.91. The fourth-order valence-corrected chi connectivity index (χ4v) is 5.90. The van der Waals surface area contributed by atoms with Crippen LogP contribution in [0.1, 0.15) is 72.2 Å². The average molecular weight is 483 g/mol. The van der Waals surface area contributed by atoms with Gasteiger partial charge in [-0.1, -0.05) is 0 Å². The highest BCUT2D eigenvalue weighted by molar-refractivity contribution is 7.89. The van der Waals surface area contributed by atoms with Crippen LogP contribution in [0.4, 0.5) is 4.39 Å². The molecule has 1 saturated carbocycles. The largest absolute Gasteiger partial charge is 0.345 e. The lowest BCUT2D eigenvalue weighted by Gasteiger charge is -2.19. The van der Waals surface area contributed by atoms with Crippen molar-refractivity contribution in [3.63, 3.8) is 0 Å². The highest BCUT2D eigenvalue weighted by Crippen LogP contribution is 2.43. The van der Waals surface area contributed by atoms with Gasteiger partial charge in [-0.25, -0.2) is 17.5 Å². The van der Waals surface area contributed by atoms with E-state index in [9.17, 15) is 17.6 Å². The van der Waals surface area contributed by atoms with Crippen LogP contribution in [-0.4, -0.2) is 36.5 Å². The predicted octanol–water partition coefficient (Wildman–Crippen LogP) is 3.95. The number of carbonyl (C=O) groups excluding carboxylic acids is 1. The van der Waals surface area contributed by atoms with Gasteiger partial charge in [0.05, 0.1) is 16.5 Å². The maximum Gasteiger partial charge on any atom is 0.253 e. The maximum absolute atomic E-state index is 14.1. The summed E-state index contributed by atoms with van der Waals surface area (Å²) in [7, 11) is -4.01. The van der Waals surface area contributed by atoms with Crippen LogP contribution in [0.25, 0.3) is 10.8 Å². The van der Waals surface area contributed by atoms with Crippen LogP contribution in [0.2, 0.25) is 0 Å². The van der Waals surface area contributed by atoms with Crippen molar-refractivity contribution in [2.45, 2.75) is 62.1 Å². The number of halogens is 1. The molecule has 2 heterocycles. The molecule has 2 aromatic heterocycles. The van der Waals surface area contributed by atoms with E-state index in [1.54, 1.807) is 30.6 Å². The number of aryl methyl sites for hydroxylation is 1. The lowest BCUT2D eigenvalue weighted by atomic mass is 10.00. The summed E-state index contributed by atoms with van der Waals surface area (Å²) >= 11 is 0. The van der Waals surface area contributed by atoms with E-state index in [2.05, 4.69) is 20.0 Å². The highest BCUT2D eigenvalue weighted by Gasteiger charge is 2.32. The van der Waals surface area contributed by atoms with E-state index >= 15 is 0 Å². The van der Waals surface area contributed by atoms with Gasteiger partial charge in [0.2, 0.25) is 10.0 Å². The third-order valence-electron chi connectivity index (χ3n) is 6.41. The second kappa shape index (κ2) is 8.39. The third-order valence-corrected chi connectivity index (χ3v) is 7.85. The molecule has 2 aliphatic rings. The van der Waals surface area contributed by atoms with Gasteiger partial charge in [0, 0.05) is 47.5 Å². The van der Waals surface area contributed by atoms with E-state index in [0.29, 0.717) is 29.7 Å². The van der Waals surface area contributed by atoms with Gasteiger partial charge >= 0.3 is 0 Å². The molecule has 1 atom stereocenters. The second-order valence-electron chi connectivity index (χ2n) is 9.72. The number of nitrogens with one attached hydrogen (secondary N) is 2. The lowest BCUT2D eigenvalue weighted by Crippen LogP contribution is -2.35. The molecular weight excluding hydrogens is 455 g/mol. The molecule has 1 aromatic carbocycles. The lowest BCUT2D eigenvalue weighted by molar-refractivity contribution is 0.0936. The maximum atomic E-state index is 14.1. The zero-order valence-corrected chi connectivity index (χ0v) is 20.0. The molecule has 0 bridgehead atoms. The van der Waals surface area contributed by atoms with E-state index < -0.39 is 15.7 Å². The number of hydrogen-bond acceptors (Lipinski definition) is 5. The molecule has 178 valence electrons. The van der Waals surface area contributed by atoms with Crippen LogP contribution in [0.5, 0.6) is 0 Å². The molecule has 5 rings (SSSR count). The Bertz CT molecular complexity index is 1370. The van der Waals surface area contributed by atoms with Gasteiger partial charge in [-0.2, -0.15) is 0 Å². The normalized spacial score (nSPS) is 18.1. The molecule has 1 fully saturated rings. The molecule has 1 amide bonds. The fourth-order valence-electron chi connectivity index (χ4n) is 4.47. The van der Waals surface area contributed by atoms with E-state index in [-0.39, 0.29) is 23.4 Å². The fraction of sp³-hybridized carbons (Fsp3) is 0.400. The van der Waals surface area contributed by atoms with E-state index in [1.165, 1.54) is 20.0 Å². The first-order valence-corrected chi connectivity index (χ1v) is 13.0. The molecule has 9 heteroatoms. The van der Waals surface area contributed by atoms with Crippen LogP contribution >= 0.6 is 0 Å². The molecule has 0 unspecified atom stereocenters. The van der Waals surface area contributed by atoms with Gasteiger partial charge in [0.25, 0.3) is 5.91 Å². The van der Waals surface area contributed by atoms with Crippen molar-refractivity contribution in [3.8, 4) is 0 Å². The van der Waals surface area contributed by atoms with Crippen molar-refractivity contribution in [1.82, 2.24) is 20.0 Å². The summed E-state index contributed by atoms with van der Waals surface area (Å²) in [4.78, 5) is 21.5. The Labute approximate surface area is 198 Å². The molecule has 3 aromatic rings. The SMILES string of the molecule is CC(C)(F)CNS(=O)(=O)c1cc2c(c3cnc(C4CC4)cc13)CC[C@H]2NC(=O)c1cccnc1. The van der Waals surface area contributed by atoms with Crippen LogP contribution in [-0.2, 0) is 16.4 Å². The van der Waals surface area contributed by atoms with Gasteiger partial charge in [-0.15, -0.1) is 0 Å². The molecule has 7 nitrogen and oxygen atoms in total. The van der Waals surface area contributed by atoms with Crippen molar-refractivity contribution >= 4 is 26.7 Å². The first-order valence-electron chi connectivity index (χ1n) is 11.5. The summed E-state index contributed by atoms with van der Waals surface area (Å²) in [6.07, 6.45) is 8.28. The summed E-state index contributed by atoms with van der Waals surface area (Å²) in [6, 6.07) is 6.53. The minimum atomic E-state index is -4.01. The average Bonchev–Trinajstić information content (AvgIpc) is 3.58. The van der Waals surface area contributed by atoms with Gasteiger partial charge in [-0.05, 0) is 74.9 Å². The van der Waals surface area contributed by atoms with Gasteiger partial charge in [0.1, 0.15) is 5.67 Å². The third kappa shape index (κ3) is 4.54. The molecular formula is C25H27FN4O3S. The number of nitrogens with zero attached hydrogens (tertiary/aromatic N) is 2. The number of benzene rings is 1. The summed E-state index contributed by atoms with van der Waals surface area (Å²) < 4.78 is 43.2. The second-order valence-corrected chi connectivity index (χ2v) is 11.5. The number of carbonyl (C=O) groups is 1. The number of fused-ring (bicyclic) bond motifs is 3. The number of alkyl halides is 1. The van der Waals surface area contributed by atoms with Gasteiger partial charge in [-0.3, -0.25) is 14.8 Å². The Balaban J connectivity index is 1.58. The van der Waals surface area contributed by atoms with Crippen molar-refractivity contribution in [2.24, 2.45) is 0 Å². The first-order chi connectivity index (χ1) is 16.1. The molecule has 0 aliphatic heterocycles. The Morgan fingerprint density at radius 1 is 1.18 bits per heavy atom.